The van der Waals surface area contributed by atoms with Gasteiger partial charge in [0.05, 0.1) is 11.6 Å². The highest BCUT2D eigenvalue weighted by atomic mass is 16.1. The van der Waals surface area contributed by atoms with Crippen molar-refractivity contribution in [3.8, 4) is 6.07 Å². The average Bonchev–Trinajstić information content (AvgIpc) is 2.44. The number of amides is 1. The van der Waals surface area contributed by atoms with Crippen molar-refractivity contribution in [2.45, 2.75) is 27.3 Å². The zero-order valence-corrected chi connectivity index (χ0v) is 12.5. The molecule has 0 bridgehead atoms. The van der Waals surface area contributed by atoms with Gasteiger partial charge in [0.1, 0.15) is 0 Å². The predicted octanol–water partition coefficient (Wildman–Crippen LogP) is 3.41. The molecule has 2 rings (SSSR count). The normalized spacial score (nSPS) is 10.0. The summed E-state index contributed by atoms with van der Waals surface area (Å²) in [5.41, 5.74) is 5.38. The number of hydrogen-bond donors (Lipinski definition) is 1. The van der Waals surface area contributed by atoms with Crippen molar-refractivity contribution >= 4 is 5.91 Å². The molecular weight excluding hydrogens is 260 g/mol. The topological polar surface area (TPSA) is 52.9 Å². The van der Waals surface area contributed by atoms with Crippen LogP contribution in [0.15, 0.2) is 36.4 Å². The Morgan fingerprint density at radius 1 is 1.14 bits per heavy atom. The fourth-order valence-electron chi connectivity index (χ4n) is 2.56. The van der Waals surface area contributed by atoms with Gasteiger partial charge in [0.2, 0.25) is 0 Å². The maximum atomic E-state index is 12.3. The van der Waals surface area contributed by atoms with Crippen molar-refractivity contribution < 1.29 is 4.79 Å². The van der Waals surface area contributed by atoms with E-state index in [1.54, 1.807) is 12.1 Å². The van der Waals surface area contributed by atoms with Gasteiger partial charge in [-0.1, -0.05) is 29.8 Å². The fraction of sp³-hybridized carbons (Fsp3) is 0.222. The molecule has 0 saturated heterocycles. The predicted molar refractivity (Wildman–Crippen MR) is 83.0 cm³/mol. The highest BCUT2D eigenvalue weighted by Gasteiger charge is 2.12. The molecule has 21 heavy (non-hydrogen) atoms. The smallest absolute Gasteiger partial charge is 0.252 e. The molecule has 2 aromatic carbocycles. The molecule has 3 heteroatoms. The third-order valence-corrected chi connectivity index (χ3v) is 3.41. The lowest BCUT2D eigenvalue weighted by atomic mass is 9.99. The Hall–Kier alpha value is -2.60. The van der Waals surface area contributed by atoms with E-state index in [4.69, 9.17) is 5.26 Å². The van der Waals surface area contributed by atoms with E-state index < -0.39 is 0 Å². The van der Waals surface area contributed by atoms with Crippen LogP contribution >= 0.6 is 0 Å². The van der Waals surface area contributed by atoms with Gasteiger partial charge in [-0.05, 0) is 49.6 Å². The molecule has 0 radical (unpaired) electrons. The molecule has 0 aromatic heterocycles. The number of rotatable bonds is 3. The Kier molecular flexibility index (Phi) is 4.39. The van der Waals surface area contributed by atoms with Crippen LogP contribution in [0.25, 0.3) is 0 Å². The van der Waals surface area contributed by atoms with Crippen molar-refractivity contribution in [2.75, 3.05) is 0 Å². The van der Waals surface area contributed by atoms with Gasteiger partial charge in [-0.15, -0.1) is 0 Å². The monoisotopic (exact) mass is 278 g/mol. The lowest BCUT2D eigenvalue weighted by Gasteiger charge is -2.12. The molecule has 1 N–H and O–H groups in total. The van der Waals surface area contributed by atoms with Crippen LogP contribution in [0.2, 0.25) is 0 Å². The minimum absolute atomic E-state index is 0.0765. The third-order valence-electron chi connectivity index (χ3n) is 3.41. The van der Waals surface area contributed by atoms with Gasteiger partial charge < -0.3 is 5.32 Å². The summed E-state index contributed by atoms with van der Waals surface area (Å²) >= 11 is 0. The summed E-state index contributed by atoms with van der Waals surface area (Å²) < 4.78 is 0. The van der Waals surface area contributed by atoms with Crippen molar-refractivity contribution in [1.29, 1.82) is 5.26 Å². The van der Waals surface area contributed by atoms with Crippen molar-refractivity contribution in [2.24, 2.45) is 0 Å². The second-order valence-corrected chi connectivity index (χ2v) is 5.27. The Balaban J connectivity index is 2.14. The minimum atomic E-state index is -0.0765. The van der Waals surface area contributed by atoms with Gasteiger partial charge in [0.25, 0.3) is 5.91 Å². The lowest BCUT2D eigenvalue weighted by Crippen LogP contribution is -2.24. The molecule has 0 aliphatic rings. The van der Waals surface area contributed by atoms with Crippen LogP contribution in [0, 0.1) is 32.1 Å². The van der Waals surface area contributed by atoms with E-state index in [0.717, 1.165) is 27.8 Å². The summed E-state index contributed by atoms with van der Waals surface area (Å²) in [5, 5.41) is 11.8. The van der Waals surface area contributed by atoms with E-state index >= 15 is 0 Å². The van der Waals surface area contributed by atoms with Crippen molar-refractivity contribution in [3.05, 3.63) is 69.8 Å². The first-order valence-corrected chi connectivity index (χ1v) is 6.86. The quantitative estimate of drug-likeness (QED) is 0.935. The van der Waals surface area contributed by atoms with Gasteiger partial charge in [-0.3, -0.25) is 4.79 Å². The number of nitriles is 1. The summed E-state index contributed by atoms with van der Waals surface area (Å²) in [6.07, 6.45) is 0. The molecule has 0 saturated carbocycles. The zero-order valence-electron chi connectivity index (χ0n) is 12.5. The molecule has 0 aliphatic heterocycles. The first kappa shape index (κ1) is 14.8. The standard InChI is InChI=1S/C18H18N2O/c1-12-7-13(2)17(14(3)8-12)18(21)20-11-16-6-4-5-15(9-16)10-19/h4-9H,11H2,1-3H3,(H,20,21). The molecule has 0 unspecified atom stereocenters. The van der Waals surface area contributed by atoms with Gasteiger partial charge in [0, 0.05) is 12.1 Å². The van der Waals surface area contributed by atoms with E-state index in [1.165, 1.54) is 0 Å². The molecule has 0 atom stereocenters. The molecular formula is C18H18N2O. The minimum Gasteiger partial charge on any atom is -0.348 e. The van der Waals surface area contributed by atoms with Crippen molar-refractivity contribution in [3.63, 3.8) is 0 Å². The average molecular weight is 278 g/mol. The molecule has 0 fully saturated rings. The van der Waals surface area contributed by atoms with Crippen LogP contribution in [0.1, 0.15) is 38.2 Å². The molecule has 0 heterocycles. The Morgan fingerprint density at radius 3 is 2.43 bits per heavy atom. The number of aryl methyl sites for hydroxylation is 3. The molecule has 0 aliphatic carbocycles. The fourth-order valence-corrected chi connectivity index (χ4v) is 2.56. The number of nitrogens with one attached hydrogen (secondary N) is 1. The highest BCUT2D eigenvalue weighted by Crippen LogP contribution is 2.16. The third kappa shape index (κ3) is 3.49. The molecule has 1 amide bonds. The summed E-state index contributed by atoms with van der Waals surface area (Å²) in [5.74, 6) is -0.0765. The SMILES string of the molecule is Cc1cc(C)c(C(=O)NCc2cccc(C#N)c2)c(C)c1. The van der Waals surface area contributed by atoms with Crippen LogP contribution in [0.3, 0.4) is 0 Å². The van der Waals surface area contributed by atoms with Crippen LogP contribution in [0.4, 0.5) is 0 Å². The van der Waals surface area contributed by atoms with E-state index in [2.05, 4.69) is 11.4 Å². The summed E-state index contributed by atoms with van der Waals surface area (Å²) in [7, 11) is 0. The Bertz CT molecular complexity index is 703. The first-order valence-electron chi connectivity index (χ1n) is 6.86. The number of carbonyl (C=O) groups excluding carboxylic acids is 1. The maximum Gasteiger partial charge on any atom is 0.252 e. The van der Waals surface area contributed by atoms with Gasteiger partial charge in [0.15, 0.2) is 0 Å². The first-order chi connectivity index (χ1) is 10.0. The van der Waals surface area contributed by atoms with E-state index in [9.17, 15) is 4.79 Å². The molecule has 2 aromatic rings. The van der Waals surface area contributed by atoms with Gasteiger partial charge in [-0.25, -0.2) is 0 Å². The van der Waals surface area contributed by atoms with Crippen LogP contribution < -0.4 is 5.32 Å². The van der Waals surface area contributed by atoms with Crippen LogP contribution in [-0.2, 0) is 6.54 Å². The maximum absolute atomic E-state index is 12.3. The van der Waals surface area contributed by atoms with E-state index in [1.807, 2.05) is 45.0 Å². The number of hydrogen-bond acceptors (Lipinski definition) is 2. The molecule has 3 nitrogen and oxygen atoms in total. The second-order valence-electron chi connectivity index (χ2n) is 5.27. The largest absolute Gasteiger partial charge is 0.348 e. The second kappa shape index (κ2) is 6.23. The van der Waals surface area contributed by atoms with Gasteiger partial charge >= 0.3 is 0 Å². The Labute approximate surface area is 125 Å². The summed E-state index contributed by atoms with van der Waals surface area (Å²) in [4.78, 5) is 12.3. The lowest BCUT2D eigenvalue weighted by molar-refractivity contribution is 0.0949. The van der Waals surface area contributed by atoms with Crippen LogP contribution in [0.5, 0.6) is 0 Å². The summed E-state index contributed by atoms with van der Waals surface area (Å²) in [6.45, 7) is 6.34. The number of benzene rings is 2. The highest BCUT2D eigenvalue weighted by molar-refractivity contribution is 5.97. The van der Waals surface area contributed by atoms with Crippen LogP contribution in [-0.4, -0.2) is 5.91 Å². The van der Waals surface area contributed by atoms with E-state index in [0.29, 0.717) is 12.1 Å². The van der Waals surface area contributed by atoms with Gasteiger partial charge in [-0.2, -0.15) is 5.26 Å². The molecule has 0 spiro atoms. The summed E-state index contributed by atoms with van der Waals surface area (Å²) in [6, 6.07) is 13.4. The zero-order chi connectivity index (χ0) is 15.4. The Morgan fingerprint density at radius 2 is 1.81 bits per heavy atom. The molecule has 106 valence electrons. The number of carbonyl (C=O) groups is 1. The number of nitrogens with zero attached hydrogens (tertiary/aromatic N) is 1. The van der Waals surface area contributed by atoms with E-state index in [-0.39, 0.29) is 5.91 Å². The van der Waals surface area contributed by atoms with Crippen molar-refractivity contribution in [1.82, 2.24) is 5.32 Å².